The molecule has 2 nitrogen and oxygen atoms in total. The second-order valence-electron chi connectivity index (χ2n) is 6.01. The zero-order valence-corrected chi connectivity index (χ0v) is 13.5. The van der Waals surface area contributed by atoms with Gasteiger partial charge in [-0.05, 0) is 43.0 Å². The van der Waals surface area contributed by atoms with Gasteiger partial charge in [-0.1, -0.05) is 25.4 Å². The molecule has 0 spiro atoms. The van der Waals surface area contributed by atoms with Crippen molar-refractivity contribution in [2.24, 2.45) is 5.92 Å². The van der Waals surface area contributed by atoms with E-state index in [-0.39, 0.29) is 0 Å². The highest BCUT2D eigenvalue weighted by Crippen LogP contribution is 2.22. The predicted octanol–water partition coefficient (Wildman–Crippen LogP) is 2.99. The molecule has 3 heteroatoms. The van der Waals surface area contributed by atoms with E-state index in [1.165, 1.54) is 38.0 Å². The van der Waals surface area contributed by atoms with Gasteiger partial charge >= 0.3 is 0 Å². The number of likely N-dealkylation sites (tertiary alicyclic amines) is 1. The monoisotopic (exact) mass is 296 g/mol. The van der Waals surface area contributed by atoms with Crippen LogP contribution in [-0.2, 0) is 6.42 Å². The number of hydrogen-bond acceptors (Lipinski definition) is 1. The summed E-state index contributed by atoms with van der Waals surface area (Å²) in [5, 5.41) is 0.839. The predicted molar refractivity (Wildman–Crippen MR) is 84.9 cm³/mol. The topological polar surface area (TPSA) is 13.7 Å². The Morgan fingerprint density at radius 2 is 2.25 bits per heavy atom. The average molecular weight is 297 g/mol. The van der Waals surface area contributed by atoms with E-state index in [9.17, 15) is 0 Å². The van der Waals surface area contributed by atoms with Crippen molar-refractivity contribution in [2.45, 2.75) is 39.5 Å². The summed E-state index contributed by atoms with van der Waals surface area (Å²) in [5.74, 6) is 1.84. The Morgan fingerprint density at radius 1 is 1.40 bits per heavy atom. The van der Waals surface area contributed by atoms with Crippen molar-refractivity contribution in [1.29, 1.82) is 0 Å². The van der Waals surface area contributed by atoms with Crippen LogP contribution in [0.2, 0.25) is 5.02 Å². The molecule has 0 radical (unpaired) electrons. The highest BCUT2D eigenvalue weighted by Gasteiger charge is 2.18. The lowest BCUT2D eigenvalue weighted by Gasteiger charge is -2.27. The van der Waals surface area contributed by atoms with Gasteiger partial charge in [0.25, 0.3) is 0 Å². The van der Waals surface area contributed by atoms with Crippen LogP contribution in [0, 0.1) is 5.92 Å². The summed E-state index contributed by atoms with van der Waals surface area (Å²) in [7, 11) is 0. The minimum Gasteiger partial charge on any atom is -0.493 e. The van der Waals surface area contributed by atoms with Gasteiger partial charge in [0.15, 0.2) is 0 Å². The molecule has 0 aromatic heterocycles. The highest BCUT2D eigenvalue weighted by molar-refractivity contribution is 6.31. The Balaban J connectivity index is 1.70. The number of nitrogens with one attached hydrogen (secondary N) is 1. The van der Waals surface area contributed by atoms with Gasteiger partial charge in [-0.3, -0.25) is 0 Å². The number of quaternary nitrogens is 1. The van der Waals surface area contributed by atoms with Crippen molar-refractivity contribution in [3.63, 3.8) is 0 Å². The first kappa shape index (κ1) is 15.7. The van der Waals surface area contributed by atoms with Crippen LogP contribution in [0.4, 0.5) is 0 Å². The van der Waals surface area contributed by atoms with Crippen molar-refractivity contribution in [3.8, 4) is 5.75 Å². The van der Waals surface area contributed by atoms with Gasteiger partial charge in [0, 0.05) is 17.4 Å². The lowest BCUT2D eigenvalue weighted by Crippen LogP contribution is -3.13. The van der Waals surface area contributed by atoms with Gasteiger partial charge < -0.3 is 9.64 Å². The first-order valence-corrected chi connectivity index (χ1v) is 8.31. The molecule has 1 heterocycles. The molecular weight excluding hydrogens is 270 g/mol. The van der Waals surface area contributed by atoms with E-state index >= 15 is 0 Å². The van der Waals surface area contributed by atoms with Crippen LogP contribution in [0.3, 0.4) is 0 Å². The molecule has 1 aliphatic heterocycles. The summed E-state index contributed by atoms with van der Waals surface area (Å²) in [5.41, 5.74) is 1.17. The molecule has 0 saturated carbocycles. The van der Waals surface area contributed by atoms with Crippen LogP contribution in [0.15, 0.2) is 18.2 Å². The molecule has 1 N–H and O–H groups in total. The quantitative estimate of drug-likeness (QED) is 0.797. The normalized spacial score (nSPS) is 22.8. The molecule has 1 aromatic rings. The molecule has 1 aromatic carbocycles. The summed E-state index contributed by atoms with van der Waals surface area (Å²) in [6.07, 6.45) is 4.87. The van der Waals surface area contributed by atoms with Crippen LogP contribution in [0.1, 0.15) is 38.7 Å². The minimum absolute atomic E-state index is 0.808. The standard InChI is InChI=1S/C17H26ClNO/c1-3-15-12-16(7-8-17(15)18)20-11-5-10-19-9-4-6-14(2)13-19/h7-8,12,14H,3-6,9-11,13H2,1-2H3/p+1/t14-/m0/s1. The van der Waals surface area contributed by atoms with Crippen LogP contribution < -0.4 is 9.64 Å². The lowest BCUT2D eigenvalue weighted by molar-refractivity contribution is -0.908. The second kappa shape index (κ2) is 7.90. The van der Waals surface area contributed by atoms with Gasteiger partial charge in [-0.2, -0.15) is 0 Å². The molecule has 2 rings (SSSR count). The molecule has 112 valence electrons. The number of hydrogen-bond donors (Lipinski definition) is 1. The van der Waals surface area contributed by atoms with Crippen LogP contribution in [0.25, 0.3) is 0 Å². The Hall–Kier alpha value is -0.730. The van der Waals surface area contributed by atoms with Crippen LogP contribution in [-0.4, -0.2) is 26.2 Å². The molecule has 1 aliphatic rings. The number of piperidine rings is 1. The Kier molecular flexibility index (Phi) is 6.18. The minimum atomic E-state index is 0.808. The molecule has 20 heavy (non-hydrogen) atoms. The molecule has 2 atom stereocenters. The summed E-state index contributed by atoms with van der Waals surface area (Å²) < 4.78 is 5.85. The van der Waals surface area contributed by atoms with Crippen molar-refractivity contribution >= 4 is 11.6 Å². The zero-order chi connectivity index (χ0) is 14.4. The van der Waals surface area contributed by atoms with Gasteiger partial charge in [0.2, 0.25) is 0 Å². The Labute approximate surface area is 128 Å². The Morgan fingerprint density at radius 3 is 3.00 bits per heavy atom. The average Bonchev–Trinajstić information content (AvgIpc) is 2.45. The summed E-state index contributed by atoms with van der Waals surface area (Å²) in [6.45, 7) is 9.20. The summed E-state index contributed by atoms with van der Waals surface area (Å²) in [6, 6.07) is 5.97. The largest absolute Gasteiger partial charge is 0.493 e. The van der Waals surface area contributed by atoms with E-state index in [1.54, 1.807) is 4.90 Å². The molecule has 1 saturated heterocycles. The number of ether oxygens (including phenoxy) is 1. The summed E-state index contributed by atoms with van der Waals surface area (Å²) >= 11 is 6.11. The van der Waals surface area contributed by atoms with Gasteiger partial charge in [0.1, 0.15) is 5.75 Å². The van der Waals surface area contributed by atoms with E-state index in [1.807, 2.05) is 12.1 Å². The maximum atomic E-state index is 6.11. The fourth-order valence-electron chi connectivity index (χ4n) is 3.05. The second-order valence-corrected chi connectivity index (χ2v) is 6.42. The van der Waals surface area contributed by atoms with Crippen LogP contribution >= 0.6 is 11.6 Å². The molecule has 1 unspecified atom stereocenters. The van der Waals surface area contributed by atoms with E-state index in [0.717, 1.165) is 36.1 Å². The maximum absolute atomic E-state index is 6.11. The maximum Gasteiger partial charge on any atom is 0.119 e. The van der Waals surface area contributed by atoms with Crippen molar-refractivity contribution in [1.82, 2.24) is 0 Å². The number of rotatable bonds is 6. The number of halogens is 1. The molecule has 0 aliphatic carbocycles. The van der Waals surface area contributed by atoms with E-state index in [4.69, 9.17) is 16.3 Å². The smallest absolute Gasteiger partial charge is 0.119 e. The SMILES string of the molecule is CCc1cc(OCCC[NH+]2CCC[C@H](C)C2)ccc1Cl. The Bertz CT molecular complexity index is 421. The fraction of sp³-hybridized carbons (Fsp3) is 0.647. The van der Waals surface area contributed by atoms with Crippen LogP contribution in [0.5, 0.6) is 5.75 Å². The molecule has 0 bridgehead atoms. The van der Waals surface area contributed by atoms with Crippen molar-refractivity contribution < 1.29 is 9.64 Å². The van der Waals surface area contributed by atoms with Gasteiger partial charge in [0.05, 0.1) is 26.2 Å². The third-order valence-corrected chi connectivity index (χ3v) is 4.57. The number of aryl methyl sites for hydroxylation is 1. The molecule has 0 amide bonds. The van der Waals surface area contributed by atoms with Gasteiger partial charge in [-0.25, -0.2) is 0 Å². The van der Waals surface area contributed by atoms with E-state index < -0.39 is 0 Å². The first-order valence-electron chi connectivity index (χ1n) is 7.93. The number of benzene rings is 1. The van der Waals surface area contributed by atoms with E-state index in [0.29, 0.717) is 0 Å². The summed E-state index contributed by atoms with van der Waals surface area (Å²) in [4.78, 5) is 1.75. The van der Waals surface area contributed by atoms with Crippen molar-refractivity contribution in [3.05, 3.63) is 28.8 Å². The van der Waals surface area contributed by atoms with Gasteiger partial charge in [-0.15, -0.1) is 0 Å². The first-order chi connectivity index (χ1) is 9.69. The highest BCUT2D eigenvalue weighted by atomic mass is 35.5. The fourth-order valence-corrected chi connectivity index (χ4v) is 3.30. The van der Waals surface area contributed by atoms with Crippen molar-refractivity contribution in [2.75, 3.05) is 26.2 Å². The van der Waals surface area contributed by atoms with E-state index in [2.05, 4.69) is 19.9 Å². The third-order valence-electron chi connectivity index (χ3n) is 4.21. The third kappa shape index (κ3) is 4.68. The zero-order valence-electron chi connectivity index (χ0n) is 12.8. The molecular formula is C17H27ClNO+. The lowest BCUT2D eigenvalue weighted by atomic mass is 10.0. The molecule has 1 fully saturated rings.